The molecule has 0 bridgehead atoms. The quantitative estimate of drug-likeness (QED) is 0.797. The molecule has 0 unspecified atom stereocenters. The largest absolute Gasteiger partial charge is 0.319 e. The Hall–Kier alpha value is -2.88. The van der Waals surface area contributed by atoms with Crippen molar-refractivity contribution < 1.29 is 4.79 Å². The zero-order valence-corrected chi connectivity index (χ0v) is 13.3. The van der Waals surface area contributed by atoms with Crippen LogP contribution in [0.4, 0.5) is 5.69 Å². The molecule has 0 saturated carbocycles. The summed E-state index contributed by atoms with van der Waals surface area (Å²) in [7, 11) is 0. The SMILES string of the molecule is Cc1nn(Cc2ccccc2)c(C)c1NC(=O)c1ccccc1. The molecular formula is C19H19N3O. The fourth-order valence-electron chi connectivity index (χ4n) is 2.56. The van der Waals surface area contributed by atoms with E-state index in [1.807, 2.05) is 54.9 Å². The third kappa shape index (κ3) is 3.31. The molecule has 1 heterocycles. The summed E-state index contributed by atoms with van der Waals surface area (Å²) in [6, 6.07) is 19.4. The van der Waals surface area contributed by atoms with Crippen LogP contribution in [0.15, 0.2) is 60.7 Å². The van der Waals surface area contributed by atoms with Crippen molar-refractivity contribution in [2.45, 2.75) is 20.4 Å². The van der Waals surface area contributed by atoms with Crippen LogP contribution >= 0.6 is 0 Å². The zero-order valence-electron chi connectivity index (χ0n) is 13.3. The van der Waals surface area contributed by atoms with E-state index in [2.05, 4.69) is 22.5 Å². The molecule has 0 radical (unpaired) electrons. The highest BCUT2D eigenvalue weighted by molar-refractivity contribution is 6.04. The summed E-state index contributed by atoms with van der Waals surface area (Å²) in [5.41, 5.74) is 4.38. The van der Waals surface area contributed by atoms with Gasteiger partial charge in [0.2, 0.25) is 0 Å². The number of nitrogens with zero attached hydrogens (tertiary/aromatic N) is 2. The molecule has 0 fully saturated rings. The molecule has 0 aliphatic heterocycles. The van der Waals surface area contributed by atoms with E-state index in [4.69, 9.17) is 0 Å². The zero-order chi connectivity index (χ0) is 16.2. The van der Waals surface area contributed by atoms with Crippen molar-refractivity contribution in [2.24, 2.45) is 0 Å². The van der Waals surface area contributed by atoms with Crippen molar-refractivity contribution in [1.82, 2.24) is 9.78 Å². The Morgan fingerprint density at radius 3 is 2.26 bits per heavy atom. The maximum atomic E-state index is 12.3. The van der Waals surface area contributed by atoms with E-state index < -0.39 is 0 Å². The number of benzene rings is 2. The number of rotatable bonds is 4. The fraction of sp³-hybridized carbons (Fsp3) is 0.158. The minimum atomic E-state index is -0.115. The van der Waals surface area contributed by atoms with Gasteiger partial charge in [0.1, 0.15) is 0 Å². The molecule has 23 heavy (non-hydrogen) atoms. The van der Waals surface area contributed by atoms with Crippen LogP contribution in [0.2, 0.25) is 0 Å². The highest BCUT2D eigenvalue weighted by Gasteiger charge is 2.15. The van der Waals surface area contributed by atoms with E-state index in [0.717, 1.165) is 17.1 Å². The lowest BCUT2D eigenvalue weighted by molar-refractivity contribution is 0.102. The van der Waals surface area contributed by atoms with Gasteiger partial charge in [-0.2, -0.15) is 5.10 Å². The number of nitrogens with one attached hydrogen (secondary N) is 1. The van der Waals surface area contributed by atoms with E-state index in [-0.39, 0.29) is 5.91 Å². The maximum Gasteiger partial charge on any atom is 0.255 e. The van der Waals surface area contributed by atoms with Gasteiger partial charge in [-0.15, -0.1) is 0 Å². The molecule has 0 aliphatic carbocycles. The number of hydrogen-bond acceptors (Lipinski definition) is 2. The minimum absolute atomic E-state index is 0.115. The summed E-state index contributed by atoms with van der Waals surface area (Å²) in [6.45, 7) is 4.58. The van der Waals surface area contributed by atoms with Gasteiger partial charge in [-0.3, -0.25) is 9.48 Å². The van der Waals surface area contributed by atoms with Gasteiger partial charge < -0.3 is 5.32 Å². The van der Waals surface area contributed by atoms with Gasteiger partial charge in [0.05, 0.1) is 23.6 Å². The number of carbonyl (C=O) groups is 1. The number of hydrogen-bond donors (Lipinski definition) is 1. The molecule has 1 N–H and O–H groups in total. The van der Waals surface area contributed by atoms with Crippen LogP contribution in [0.3, 0.4) is 0 Å². The van der Waals surface area contributed by atoms with Crippen molar-refractivity contribution >= 4 is 11.6 Å². The number of aryl methyl sites for hydroxylation is 1. The lowest BCUT2D eigenvalue weighted by Gasteiger charge is -2.07. The summed E-state index contributed by atoms with van der Waals surface area (Å²) >= 11 is 0. The molecule has 4 nitrogen and oxygen atoms in total. The summed E-state index contributed by atoms with van der Waals surface area (Å²) in [6.07, 6.45) is 0. The number of amides is 1. The Bertz CT molecular complexity index is 807. The lowest BCUT2D eigenvalue weighted by Crippen LogP contribution is -2.13. The molecule has 0 spiro atoms. The van der Waals surface area contributed by atoms with Crippen molar-refractivity contribution in [3.05, 3.63) is 83.2 Å². The van der Waals surface area contributed by atoms with Crippen LogP contribution in [-0.4, -0.2) is 15.7 Å². The molecule has 116 valence electrons. The Balaban J connectivity index is 1.82. The van der Waals surface area contributed by atoms with Gasteiger partial charge in [-0.05, 0) is 31.5 Å². The Kier molecular flexibility index (Phi) is 4.24. The van der Waals surface area contributed by atoms with Gasteiger partial charge in [-0.25, -0.2) is 0 Å². The number of anilines is 1. The highest BCUT2D eigenvalue weighted by atomic mass is 16.1. The van der Waals surface area contributed by atoms with Gasteiger partial charge in [-0.1, -0.05) is 48.5 Å². The van der Waals surface area contributed by atoms with Gasteiger partial charge in [0.25, 0.3) is 5.91 Å². The van der Waals surface area contributed by atoms with Crippen LogP contribution in [0.1, 0.15) is 27.3 Å². The number of aromatic nitrogens is 2. The minimum Gasteiger partial charge on any atom is -0.319 e. The van der Waals surface area contributed by atoms with Crippen molar-refractivity contribution in [3.8, 4) is 0 Å². The second-order valence-corrected chi connectivity index (χ2v) is 5.51. The van der Waals surface area contributed by atoms with E-state index in [0.29, 0.717) is 12.1 Å². The predicted molar refractivity (Wildman–Crippen MR) is 91.6 cm³/mol. The number of carbonyl (C=O) groups excluding carboxylic acids is 1. The summed E-state index contributed by atoms with van der Waals surface area (Å²) in [5, 5.41) is 7.53. The van der Waals surface area contributed by atoms with Crippen molar-refractivity contribution in [2.75, 3.05) is 5.32 Å². The Labute approximate surface area is 135 Å². The average Bonchev–Trinajstić information content (AvgIpc) is 2.84. The first-order valence-electron chi connectivity index (χ1n) is 7.59. The Morgan fingerprint density at radius 2 is 1.61 bits per heavy atom. The van der Waals surface area contributed by atoms with Gasteiger partial charge in [0.15, 0.2) is 0 Å². The smallest absolute Gasteiger partial charge is 0.255 e. The molecule has 3 aromatic rings. The first-order chi connectivity index (χ1) is 11.1. The monoisotopic (exact) mass is 305 g/mol. The second-order valence-electron chi connectivity index (χ2n) is 5.51. The standard InChI is InChI=1S/C19H19N3O/c1-14-18(20-19(23)17-11-7-4-8-12-17)15(2)22(21-14)13-16-9-5-3-6-10-16/h3-12H,13H2,1-2H3,(H,20,23). The average molecular weight is 305 g/mol. The highest BCUT2D eigenvalue weighted by Crippen LogP contribution is 2.21. The van der Waals surface area contributed by atoms with Crippen LogP contribution in [0.25, 0.3) is 0 Å². The van der Waals surface area contributed by atoms with E-state index >= 15 is 0 Å². The van der Waals surface area contributed by atoms with Crippen molar-refractivity contribution in [3.63, 3.8) is 0 Å². The van der Waals surface area contributed by atoms with E-state index in [1.54, 1.807) is 12.1 Å². The summed E-state index contributed by atoms with van der Waals surface area (Å²) < 4.78 is 1.92. The topological polar surface area (TPSA) is 46.9 Å². The maximum absolute atomic E-state index is 12.3. The fourth-order valence-corrected chi connectivity index (χ4v) is 2.56. The van der Waals surface area contributed by atoms with Crippen LogP contribution in [0, 0.1) is 13.8 Å². The van der Waals surface area contributed by atoms with E-state index in [1.165, 1.54) is 5.56 Å². The Morgan fingerprint density at radius 1 is 1.00 bits per heavy atom. The summed E-state index contributed by atoms with van der Waals surface area (Å²) in [4.78, 5) is 12.3. The first kappa shape index (κ1) is 15.0. The molecule has 0 aliphatic rings. The van der Waals surface area contributed by atoms with Gasteiger partial charge >= 0.3 is 0 Å². The molecule has 3 rings (SSSR count). The first-order valence-corrected chi connectivity index (χ1v) is 7.59. The third-order valence-corrected chi connectivity index (χ3v) is 3.83. The molecule has 2 aromatic carbocycles. The third-order valence-electron chi connectivity index (χ3n) is 3.83. The van der Waals surface area contributed by atoms with Crippen molar-refractivity contribution in [1.29, 1.82) is 0 Å². The molecule has 0 atom stereocenters. The second kappa shape index (κ2) is 6.48. The molecular weight excluding hydrogens is 286 g/mol. The van der Waals surface area contributed by atoms with Crippen LogP contribution in [0.5, 0.6) is 0 Å². The molecule has 1 amide bonds. The predicted octanol–water partition coefficient (Wildman–Crippen LogP) is 3.80. The van der Waals surface area contributed by atoms with Crippen LogP contribution in [-0.2, 0) is 6.54 Å². The lowest BCUT2D eigenvalue weighted by atomic mass is 10.2. The molecule has 0 saturated heterocycles. The molecule has 4 heteroatoms. The van der Waals surface area contributed by atoms with E-state index in [9.17, 15) is 4.79 Å². The summed E-state index contributed by atoms with van der Waals surface area (Å²) in [5.74, 6) is -0.115. The van der Waals surface area contributed by atoms with Crippen LogP contribution < -0.4 is 5.32 Å². The van der Waals surface area contributed by atoms with Gasteiger partial charge in [0, 0.05) is 5.56 Å². The molecule has 1 aromatic heterocycles. The normalized spacial score (nSPS) is 10.5.